The van der Waals surface area contributed by atoms with Gasteiger partial charge in [-0.1, -0.05) is 0 Å². The van der Waals surface area contributed by atoms with Gasteiger partial charge in [-0.3, -0.25) is 9.69 Å². The van der Waals surface area contributed by atoms with E-state index < -0.39 is 0 Å². The summed E-state index contributed by atoms with van der Waals surface area (Å²) >= 11 is 0. The van der Waals surface area contributed by atoms with Crippen molar-refractivity contribution in [2.45, 2.75) is 19.3 Å². The first-order chi connectivity index (χ1) is 7.15. The minimum atomic E-state index is 0.203. The lowest BCUT2D eigenvalue weighted by Crippen LogP contribution is -2.49. The maximum absolute atomic E-state index is 11.5. The fourth-order valence-corrected chi connectivity index (χ4v) is 2.15. The topological polar surface area (TPSA) is 47.3 Å². The van der Waals surface area contributed by atoms with Crippen molar-refractivity contribution in [2.24, 2.45) is 5.41 Å². The molecule has 0 N–H and O–H groups in total. The third-order valence-electron chi connectivity index (χ3n) is 3.51. The summed E-state index contributed by atoms with van der Waals surface area (Å²) in [5.74, 6) is 0.203. The molecule has 1 aliphatic carbocycles. The zero-order chi connectivity index (χ0) is 10.9. The number of likely N-dealkylation sites (N-methyl/N-ethyl adjacent to an activating group) is 1. The summed E-state index contributed by atoms with van der Waals surface area (Å²) in [6.45, 7) is 3.24. The molecule has 1 aliphatic heterocycles. The molecule has 4 nitrogen and oxygen atoms in total. The second-order valence-corrected chi connectivity index (χ2v) is 4.86. The van der Waals surface area contributed by atoms with Crippen molar-refractivity contribution in [3.8, 4) is 6.07 Å². The van der Waals surface area contributed by atoms with Gasteiger partial charge in [0.2, 0.25) is 5.91 Å². The number of nitriles is 1. The van der Waals surface area contributed by atoms with Gasteiger partial charge in [0, 0.05) is 33.1 Å². The second-order valence-electron chi connectivity index (χ2n) is 4.86. The Morgan fingerprint density at radius 3 is 2.73 bits per heavy atom. The minimum absolute atomic E-state index is 0.203. The Labute approximate surface area is 90.5 Å². The standard InChI is InChI=1S/C11H17N3O/c1-13-6-7-14(8-10(13)15)9-11(2-3-11)4-5-12/h2-4,6-9H2,1H3. The van der Waals surface area contributed by atoms with Gasteiger partial charge in [-0.05, 0) is 18.3 Å². The molecular formula is C11H17N3O. The normalized spacial score (nSPS) is 25.1. The molecule has 1 amide bonds. The van der Waals surface area contributed by atoms with Crippen molar-refractivity contribution in [1.29, 1.82) is 5.26 Å². The largest absolute Gasteiger partial charge is 0.343 e. The molecule has 1 saturated heterocycles. The Morgan fingerprint density at radius 2 is 2.20 bits per heavy atom. The van der Waals surface area contributed by atoms with Crippen LogP contribution in [0.4, 0.5) is 0 Å². The average Bonchev–Trinajstić information content (AvgIpc) is 2.92. The van der Waals surface area contributed by atoms with Gasteiger partial charge in [-0.15, -0.1) is 0 Å². The van der Waals surface area contributed by atoms with E-state index in [4.69, 9.17) is 5.26 Å². The van der Waals surface area contributed by atoms with E-state index in [0.717, 1.165) is 32.5 Å². The Balaban J connectivity index is 1.86. The van der Waals surface area contributed by atoms with Crippen LogP contribution in [-0.2, 0) is 4.79 Å². The minimum Gasteiger partial charge on any atom is -0.343 e. The zero-order valence-electron chi connectivity index (χ0n) is 9.20. The molecule has 2 rings (SSSR count). The van der Waals surface area contributed by atoms with E-state index in [1.54, 1.807) is 4.90 Å². The highest BCUT2D eigenvalue weighted by Crippen LogP contribution is 2.49. The van der Waals surface area contributed by atoms with Crippen LogP contribution in [0, 0.1) is 16.7 Å². The Hall–Kier alpha value is -1.08. The van der Waals surface area contributed by atoms with Crippen LogP contribution in [0.3, 0.4) is 0 Å². The van der Waals surface area contributed by atoms with Gasteiger partial charge in [-0.2, -0.15) is 5.26 Å². The van der Waals surface area contributed by atoms with Gasteiger partial charge < -0.3 is 4.90 Å². The average molecular weight is 207 g/mol. The van der Waals surface area contributed by atoms with Crippen LogP contribution in [0.1, 0.15) is 19.3 Å². The van der Waals surface area contributed by atoms with Crippen molar-refractivity contribution in [2.75, 3.05) is 33.2 Å². The van der Waals surface area contributed by atoms with Gasteiger partial charge in [-0.25, -0.2) is 0 Å². The monoisotopic (exact) mass is 207 g/mol. The van der Waals surface area contributed by atoms with Crippen LogP contribution in [0.5, 0.6) is 0 Å². The summed E-state index contributed by atoms with van der Waals surface area (Å²) in [6.07, 6.45) is 2.95. The number of carbonyl (C=O) groups is 1. The summed E-state index contributed by atoms with van der Waals surface area (Å²) in [6, 6.07) is 2.26. The van der Waals surface area contributed by atoms with E-state index in [1.165, 1.54) is 0 Å². The smallest absolute Gasteiger partial charge is 0.236 e. The molecule has 1 heterocycles. The molecule has 0 bridgehead atoms. The third kappa shape index (κ3) is 2.29. The van der Waals surface area contributed by atoms with Crippen molar-refractivity contribution >= 4 is 5.91 Å². The van der Waals surface area contributed by atoms with Crippen LogP contribution in [-0.4, -0.2) is 48.9 Å². The Bertz CT molecular complexity index is 303. The summed E-state index contributed by atoms with van der Waals surface area (Å²) in [7, 11) is 1.85. The summed E-state index contributed by atoms with van der Waals surface area (Å²) in [5.41, 5.74) is 0.227. The highest BCUT2D eigenvalue weighted by molar-refractivity contribution is 5.78. The number of hydrogen-bond acceptors (Lipinski definition) is 3. The predicted octanol–water partition coefficient (Wildman–Crippen LogP) is 0.454. The fourth-order valence-electron chi connectivity index (χ4n) is 2.15. The van der Waals surface area contributed by atoms with Crippen molar-refractivity contribution in [1.82, 2.24) is 9.80 Å². The van der Waals surface area contributed by atoms with E-state index >= 15 is 0 Å². The molecule has 1 saturated carbocycles. The first-order valence-corrected chi connectivity index (χ1v) is 5.48. The lowest BCUT2D eigenvalue weighted by Gasteiger charge is -2.33. The highest BCUT2D eigenvalue weighted by Gasteiger charge is 2.44. The third-order valence-corrected chi connectivity index (χ3v) is 3.51. The van der Waals surface area contributed by atoms with E-state index in [2.05, 4.69) is 11.0 Å². The van der Waals surface area contributed by atoms with Crippen LogP contribution >= 0.6 is 0 Å². The molecule has 0 aromatic heterocycles. The summed E-state index contributed by atoms with van der Waals surface area (Å²) < 4.78 is 0. The van der Waals surface area contributed by atoms with Crippen molar-refractivity contribution in [3.05, 3.63) is 0 Å². The molecule has 0 aromatic rings. The fraction of sp³-hybridized carbons (Fsp3) is 0.818. The van der Waals surface area contributed by atoms with E-state index in [0.29, 0.717) is 13.0 Å². The SMILES string of the molecule is CN1CCN(CC2(CC#N)CC2)CC1=O. The molecule has 0 spiro atoms. The number of piperazine rings is 1. The number of amides is 1. The summed E-state index contributed by atoms with van der Waals surface area (Å²) in [5, 5.41) is 8.72. The molecular weight excluding hydrogens is 190 g/mol. The van der Waals surface area contributed by atoms with E-state index in [9.17, 15) is 4.79 Å². The first-order valence-electron chi connectivity index (χ1n) is 5.48. The number of hydrogen-bond donors (Lipinski definition) is 0. The van der Waals surface area contributed by atoms with Crippen molar-refractivity contribution < 1.29 is 4.79 Å². The molecule has 15 heavy (non-hydrogen) atoms. The number of carbonyl (C=O) groups excluding carboxylic acids is 1. The van der Waals surface area contributed by atoms with Crippen LogP contribution in [0.25, 0.3) is 0 Å². The quantitative estimate of drug-likeness (QED) is 0.675. The maximum atomic E-state index is 11.5. The predicted molar refractivity (Wildman–Crippen MR) is 56.0 cm³/mol. The van der Waals surface area contributed by atoms with E-state index in [1.807, 2.05) is 7.05 Å². The molecule has 82 valence electrons. The van der Waals surface area contributed by atoms with Crippen LogP contribution < -0.4 is 0 Å². The number of nitrogens with zero attached hydrogens (tertiary/aromatic N) is 3. The molecule has 0 radical (unpaired) electrons. The molecule has 0 atom stereocenters. The lowest BCUT2D eigenvalue weighted by atomic mass is 10.0. The van der Waals surface area contributed by atoms with Gasteiger partial charge in [0.25, 0.3) is 0 Å². The van der Waals surface area contributed by atoms with Gasteiger partial charge >= 0.3 is 0 Å². The maximum Gasteiger partial charge on any atom is 0.236 e. The Morgan fingerprint density at radius 1 is 1.47 bits per heavy atom. The van der Waals surface area contributed by atoms with E-state index in [-0.39, 0.29) is 11.3 Å². The highest BCUT2D eigenvalue weighted by atomic mass is 16.2. The molecule has 0 unspecified atom stereocenters. The first kappa shape index (κ1) is 10.4. The van der Waals surface area contributed by atoms with Crippen LogP contribution in [0.2, 0.25) is 0 Å². The second kappa shape index (κ2) is 3.82. The number of rotatable bonds is 3. The molecule has 4 heteroatoms. The summed E-state index contributed by atoms with van der Waals surface area (Å²) in [4.78, 5) is 15.5. The molecule has 2 aliphatic rings. The Kier molecular flexibility index (Phi) is 2.66. The van der Waals surface area contributed by atoms with Crippen molar-refractivity contribution in [3.63, 3.8) is 0 Å². The lowest BCUT2D eigenvalue weighted by molar-refractivity contribution is -0.134. The van der Waals surface area contributed by atoms with Gasteiger partial charge in [0.1, 0.15) is 0 Å². The molecule has 2 fully saturated rings. The zero-order valence-corrected chi connectivity index (χ0v) is 9.20. The van der Waals surface area contributed by atoms with Gasteiger partial charge in [0.15, 0.2) is 0 Å². The van der Waals surface area contributed by atoms with Gasteiger partial charge in [0.05, 0.1) is 12.6 Å². The molecule has 0 aromatic carbocycles. The van der Waals surface area contributed by atoms with Crippen LogP contribution in [0.15, 0.2) is 0 Å².